The summed E-state index contributed by atoms with van der Waals surface area (Å²) in [6.07, 6.45) is 1.02. The van der Waals surface area contributed by atoms with Gasteiger partial charge in [-0.05, 0) is 26.8 Å². The van der Waals surface area contributed by atoms with Crippen molar-refractivity contribution in [3.8, 4) is 0 Å². The van der Waals surface area contributed by atoms with Crippen LogP contribution in [0.15, 0.2) is 0 Å². The Hall–Kier alpha value is -0.120. The molecule has 74 valence electrons. The first-order chi connectivity index (χ1) is 5.62. The van der Waals surface area contributed by atoms with Crippen LogP contribution in [0.25, 0.3) is 0 Å². The number of hydrogen-bond acceptors (Lipinski definition) is 3. The van der Waals surface area contributed by atoms with Crippen molar-refractivity contribution in [3.05, 3.63) is 0 Å². The molecule has 1 N–H and O–H groups in total. The zero-order valence-corrected chi connectivity index (χ0v) is 8.64. The van der Waals surface area contributed by atoms with E-state index >= 15 is 0 Å². The first-order valence-corrected chi connectivity index (χ1v) is 4.37. The van der Waals surface area contributed by atoms with E-state index in [4.69, 9.17) is 9.47 Å². The minimum absolute atomic E-state index is 0.0138. The third-order valence-electron chi connectivity index (χ3n) is 1.94. The molecule has 0 aromatic heterocycles. The summed E-state index contributed by atoms with van der Waals surface area (Å²) in [5.41, 5.74) is -0.0138. The molecule has 0 rings (SSSR count). The van der Waals surface area contributed by atoms with Crippen LogP contribution in [0.1, 0.15) is 20.3 Å². The Labute approximate surface area is 75.4 Å². The normalized spacial score (nSPS) is 12.0. The predicted octanol–water partition coefficient (Wildman–Crippen LogP) is 1.04. The van der Waals surface area contributed by atoms with Crippen LogP contribution in [0.4, 0.5) is 0 Å². The molecule has 0 aromatic carbocycles. The van der Waals surface area contributed by atoms with Gasteiger partial charge in [-0.1, -0.05) is 0 Å². The van der Waals surface area contributed by atoms with Gasteiger partial charge in [0.25, 0.3) is 0 Å². The van der Waals surface area contributed by atoms with Gasteiger partial charge in [-0.3, -0.25) is 0 Å². The fourth-order valence-electron chi connectivity index (χ4n) is 0.791. The molecule has 12 heavy (non-hydrogen) atoms. The maximum absolute atomic E-state index is 5.27. The van der Waals surface area contributed by atoms with Gasteiger partial charge in [-0.2, -0.15) is 0 Å². The molecule has 0 aromatic rings. The maximum Gasteiger partial charge on any atom is 0.0634 e. The van der Waals surface area contributed by atoms with Crippen LogP contribution in [0, 0.1) is 0 Å². The van der Waals surface area contributed by atoms with Gasteiger partial charge in [0.1, 0.15) is 0 Å². The second-order valence-corrected chi connectivity index (χ2v) is 3.46. The van der Waals surface area contributed by atoms with Crippen LogP contribution >= 0.6 is 0 Å². The van der Waals surface area contributed by atoms with Gasteiger partial charge in [0.15, 0.2) is 0 Å². The highest BCUT2D eigenvalue weighted by Gasteiger charge is 2.14. The van der Waals surface area contributed by atoms with E-state index in [0.717, 1.165) is 26.1 Å². The highest BCUT2D eigenvalue weighted by Crippen LogP contribution is 2.10. The monoisotopic (exact) mass is 175 g/mol. The summed E-state index contributed by atoms with van der Waals surface area (Å²) in [6.45, 7) is 6.84. The van der Waals surface area contributed by atoms with Crippen molar-refractivity contribution in [2.75, 3.05) is 33.9 Å². The van der Waals surface area contributed by atoms with E-state index in [1.54, 1.807) is 14.2 Å². The molecule has 0 amide bonds. The molecule has 0 saturated carbocycles. The first kappa shape index (κ1) is 11.9. The molecule has 0 spiro atoms. The Morgan fingerprint density at radius 1 is 1.17 bits per heavy atom. The lowest BCUT2D eigenvalue weighted by atomic mass is 10.1. The van der Waals surface area contributed by atoms with E-state index in [2.05, 4.69) is 19.2 Å². The zero-order chi connectivity index (χ0) is 9.45. The molecule has 0 aliphatic carbocycles. The SMILES string of the molecule is COCCNCCC(C)(C)OC. The fourth-order valence-corrected chi connectivity index (χ4v) is 0.791. The van der Waals surface area contributed by atoms with Crippen molar-refractivity contribution in [1.82, 2.24) is 5.32 Å². The molecule has 0 aliphatic heterocycles. The Morgan fingerprint density at radius 3 is 2.33 bits per heavy atom. The summed E-state index contributed by atoms with van der Waals surface area (Å²) < 4.78 is 10.2. The van der Waals surface area contributed by atoms with Crippen molar-refractivity contribution in [3.63, 3.8) is 0 Å². The molecule has 0 aliphatic rings. The van der Waals surface area contributed by atoms with Crippen LogP contribution in [0.5, 0.6) is 0 Å². The van der Waals surface area contributed by atoms with Crippen molar-refractivity contribution in [1.29, 1.82) is 0 Å². The van der Waals surface area contributed by atoms with Crippen molar-refractivity contribution in [2.24, 2.45) is 0 Å². The summed E-state index contributed by atoms with van der Waals surface area (Å²) in [5.74, 6) is 0. The smallest absolute Gasteiger partial charge is 0.0634 e. The average molecular weight is 175 g/mol. The third-order valence-corrected chi connectivity index (χ3v) is 1.94. The van der Waals surface area contributed by atoms with Crippen LogP contribution in [-0.4, -0.2) is 39.5 Å². The van der Waals surface area contributed by atoms with Gasteiger partial charge < -0.3 is 14.8 Å². The summed E-state index contributed by atoms with van der Waals surface area (Å²) in [7, 11) is 3.45. The second-order valence-electron chi connectivity index (χ2n) is 3.46. The number of methoxy groups -OCH3 is 2. The molecule has 0 unspecified atom stereocenters. The minimum atomic E-state index is -0.0138. The number of rotatable bonds is 7. The van der Waals surface area contributed by atoms with Crippen LogP contribution in [0.3, 0.4) is 0 Å². The molecule has 0 radical (unpaired) electrons. The Kier molecular flexibility index (Phi) is 6.34. The average Bonchev–Trinajstić information content (AvgIpc) is 2.04. The predicted molar refractivity (Wildman–Crippen MR) is 50.5 cm³/mol. The zero-order valence-electron chi connectivity index (χ0n) is 8.64. The molecule has 0 fully saturated rings. The molecule has 0 saturated heterocycles. The van der Waals surface area contributed by atoms with E-state index in [9.17, 15) is 0 Å². The van der Waals surface area contributed by atoms with Crippen molar-refractivity contribution < 1.29 is 9.47 Å². The quantitative estimate of drug-likeness (QED) is 0.586. The van der Waals surface area contributed by atoms with Crippen LogP contribution in [0.2, 0.25) is 0 Å². The molecule has 3 nitrogen and oxygen atoms in total. The largest absolute Gasteiger partial charge is 0.383 e. The standard InChI is InChI=1S/C9H21NO2/c1-9(2,12-4)5-6-10-7-8-11-3/h10H,5-8H2,1-4H3. The molecule has 3 heteroatoms. The second kappa shape index (κ2) is 6.40. The fraction of sp³-hybridized carbons (Fsp3) is 1.00. The van der Waals surface area contributed by atoms with E-state index in [0.29, 0.717) is 0 Å². The Morgan fingerprint density at radius 2 is 1.83 bits per heavy atom. The first-order valence-electron chi connectivity index (χ1n) is 4.37. The van der Waals surface area contributed by atoms with Crippen molar-refractivity contribution >= 4 is 0 Å². The molecule has 0 atom stereocenters. The number of nitrogens with one attached hydrogen (secondary N) is 1. The molecule has 0 bridgehead atoms. The van der Waals surface area contributed by atoms with Gasteiger partial charge in [-0.25, -0.2) is 0 Å². The Balaban J connectivity index is 3.19. The van der Waals surface area contributed by atoms with E-state index in [1.807, 2.05) is 0 Å². The van der Waals surface area contributed by atoms with Gasteiger partial charge in [0.2, 0.25) is 0 Å². The van der Waals surface area contributed by atoms with Gasteiger partial charge in [0, 0.05) is 20.8 Å². The highest BCUT2D eigenvalue weighted by atomic mass is 16.5. The summed E-state index contributed by atoms with van der Waals surface area (Å²) in [4.78, 5) is 0. The lowest BCUT2D eigenvalue weighted by Crippen LogP contribution is -2.30. The molecular weight excluding hydrogens is 154 g/mol. The highest BCUT2D eigenvalue weighted by molar-refractivity contribution is 4.68. The van der Waals surface area contributed by atoms with Gasteiger partial charge >= 0.3 is 0 Å². The summed E-state index contributed by atoms with van der Waals surface area (Å²) >= 11 is 0. The third kappa shape index (κ3) is 6.58. The van der Waals surface area contributed by atoms with Crippen molar-refractivity contribution in [2.45, 2.75) is 25.9 Å². The summed E-state index contributed by atoms with van der Waals surface area (Å²) in [5, 5.41) is 3.27. The summed E-state index contributed by atoms with van der Waals surface area (Å²) in [6, 6.07) is 0. The number of ether oxygens (including phenoxy) is 2. The van der Waals surface area contributed by atoms with Crippen LogP contribution < -0.4 is 5.32 Å². The van der Waals surface area contributed by atoms with Gasteiger partial charge in [0.05, 0.1) is 12.2 Å². The Bertz CT molecular complexity index is 105. The lowest BCUT2D eigenvalue weighted by Gasteiger charge is -2.22. The number of hydrogen-bond donors (Lipinski definition) is 1. The topological polar surface area (TPSA) is 30.5 Å². The maximum atomic E-state index is 5.27. The van der Waals surface area contributed by atoms with E-state index in [1.165, 1.54) is 0 Å². The van der Waals surface area contributed by atoms with Crippen LogP contribution in [-0.2, 0) is 9.47 Å². The van der Waals surface area contributed by atoms with E-state index in [-0.39, 0.29) is 5.60 Å². The molecule has 0 heterocycles. The van der Waals surface area contributed by atoms with Gasteiger partial charge in [-0.15, -0.1) is 0 Å². The minimum Gasteiger partial charge on any atom is -0.383 e. The lowest BCUT2D eigenvalue weighted by molar-refractivity contribution is 0.0156. The molecular formula is C9H21NO2. The van der Waals surface area contributed by atoms with E-state index < -0.39 is 0 Å².